The molecule has 0 saturated carbocycles. The van der Waals surface area contributed by atoms with E-state index >= 15 is 0 Å². The van der Waals surface area contributed by atoms with Crippen LogP contribution in [0.1, 0.15) is 16.8 Å². The number of nitrogens with zero attached hydrogens (tertiary/aromatic N) is 2. The van der Waals surface area contributed by atoms with E-state index < -0.39 is 23.7 Å². The van der Waals surface area contributed by atoms with Gasteiger partial charge in [0.1, 0.15) is 5.82 Å². The van der Waals surface area contributed by atoms with E-state index in [9.17, 15) is 22.7 Å². The summed E-state index contributed by atoms with van der Waals surface area (Å²) < 4.78 is 53.0. The SMILES string of the molecule is O[C@@H]1CN(Cc2cccc(F)c2C(F)(F)F)C[C@H]1Cc1ccccn1. The van der Waals surface area contributed by atoms with Gasteiger partial charge in [-0.25, -0.2) is 4.39 Å². The average Bonchev–Trinajstić information content (AvgIpc) is 2.86. The first kappa shape index (κ1) is 17.8. The summed E-state index contributed by atoms with van der Waals surface area (Å²) in [6.45, 7) is 0.638. The van der Waals surface area contributed by atoms with Gasteiger partial charge in [0, 0.05) is 37.4 Å². The fraction of sp³-hybridized carbons (Fsp3) is 0.389. The summed E-state index contributed by atoms with van der Waals surface area (Å²) in [5.41, 5.74) is -0.508. The summed E-state index contributed by atoms with van der Waals surface area (Å²) in [4.78, 5) is 5.94. The predicted octanol–water partition coefficient (Wildman–Crippen LogP) is 3.27. The van der Waals surface area contributed by atoms with E-state index in [1.807, 2.05) is 12.1 Å². The van der Waals surface area contributed by atoms with Crippen LogP contribution in [0.2, 0.25) is 0 Å². The number of halogens is 4. The smallest absolute Gasteiger partial charge is 0.391 e. The zero-order valence-electron chi connectivity index (χ0n) is 13.4. The van der Waals surface area contributed by atoms with Crippen molar-refractivity contribution in [3.63, 3.8) is 0 Å². The monoisotopic (exact) mass is 354 g/mol. The molecule has 1 aromatic carbocycles. The fourth-order valence-corrected chi connectivity index (χ4v) is 3.32. The number of hydrogen-bond acceptors (Lipinski definition) is 3. The van der Waals surface area contributed by atoms with Crippen molar-refractivity contribution in [2.75, 3.05) is 13.1 Å². The van der Waals surface area contributed by atoms with Gasteiger partial charge in [-0.05, 0) is 30.2 Å². The highest BCUT2D eigenvalue weighted by molar-refractivity contribution is 5.31. The molecule has 3 nitrogen and oxygen atoms in total. The van der Waals surface area contributed by atoms with Gasteiger partial charge in [-0.2, -0.15) is 13.2 Å². The third-order valence-corrected chi connectivity index (χ3v) is 4.46. The van der Waals surface area contributed by atoms with E-state index in [0.29, 0.717) is 13.0 Å². The number of likely N-dealkylation sites (tertiary alicyclic amines) is 1. The Labute approximate surface area is 142 Å². The topological polar surface area (TPSA) is 36.4 Å². The van der Waals surface area contributed by atoms with Gasteiger partial charge < -0.3 is 5.11 Å². The van der Waals surface area contributed by atoms with Crippen molar-refractivity contribution in [2.45, 2.75) is 25.2 Å². The van der Waals surface area contributed by atoms with Gasteiger partial charge in [0.15, 0.2) is 0 Å². The number of rotatable bonds is 4. The Morgan fingerprint density at radius 1 is 1.12 bits per heavy atom. The first-order chi connectivity index (χ1) is 11.8. The lowest BCUT2D eigenvalue weighted by Gasteiger charge is -2.19. The van der Waals surface area contributed by atoms with Crippen molar-refractivity contribution in [3.8, 4) is 0 Å². The molecule has 2 aromatic rings. The molecule has 1 saturated heterocycles. The number of β-amino-alcohol motifs (C(OH)–C–C–N with tert-alkyl or cyclic N) is 1. The molecule has 1 aliphatic heterocycles. The summed E-state index contributed by atoms with van der Waals surface area (Å²) in [6, 6.07) is 8.87. The molecule has 25 heavy (non-hydrogen) atoms. The molecule has 3 rings (SSSR count). The van der Waals surface area contributed by atoms with Gasteiger partial charge in [-0.1, -0.05) is 18.2 Å². The Hall–Kier alpha value is -1.99. The molecule has 0 radical (unpaired) electrons. The van der Waals surface area contributed by atoms with Crippen LogP contribution in [0.3, 0.4) is 0 Å². The van der Waals surface area contributed by atoms with Crippen LogP contribution in [0.5, 0.6) is 0 Å². The minimum atomic E-state index is -4.74. The normalized spacial score (nSPS) is 21.6. The quantitative estimate of drug-likeness (QED) is 0.856. The van der Waals surface area contributed by atoms with Crippen LogP contribution in [0.15, 0.2) is 42.6 Å². The maximum atomic E-state index is 13.7. The van der Waals surface area contributed by atoms with Crippen LogP contribution in [0.4, 0.5) is 17.6 Å². The second-order valence-electron chi connectivity index (χ2n) is 6.32. The van der Waals surface area contributed by atoms with E-state index in [0.717, 1.165) is 11.8 Å². The molecule has 7 heteroatoms. The first-order valence-corrected chi connectivity index (χ1v) is 7.99. The summed E-state index contributed by atoms with van der Waals surface area (Å²) in [5.74, 6) is -1.38. The molecule has 134 valence electrons. The van der Waals surface area contributed by atoms with Crippen molar-refractivity contribution in [1.82, 2.24) is 9.88 Å². The number of benzene rings is 1. The zero-order valence-corrected chi connectivity index (χ0v) is 13.4. The highest BCUT2D eigenvalue weighted by Gasteiger charge is 2.38. The van der Waals surface area contributed by atoms with Crippen molar-refractivity contribution in [1.29, 1.82) is 0 Å². The lowest BCUT2D eigenvalue weighted by molar-refractivity contribution is -0.140. The van der Waals surface area contributed by atoms with Gasteiger partial charge in [0.25, 0.3) is 0 Å². The third kappa shape index (κ3) is 4.16. The molecule has 0 unspecified atom stereocenters. The molecule has 0 amide bonds. The van der Waals surface area contributed by atoms with E-state index in [1.165, 1.54) is 12.1 Å². The highest BCUT2D eigenvalue weighted by atomic mass is 19.4. The number of aliphatic hydroxyl groups is 1. The van der Waals surface area contributed by atoms with Crippen molar-refractivity contribution >= 4 is 0 Å². The van der Waals surface area contributed by atoms with Gasteiger partial charge in [-0.15, -0.1) is 0 Å². The standard InChI is InChI=1S/C18H18F4N2O/c19-15-6-3-4-12(17(15)18(20,21)22)9-24-10-13(16(25)11-24)8-14-5-1-2-7-23-14/h1-7,13,16,25H,8-11H2/t13-,16-/m1/s1. The van der Waals surface area contributed by atoms with Crippen LogP contribution in [0.25, 0.3) is 0 Å². The molecule has 0 spiro atoms. The van der Waals surface area contributed by atoms with Gasteiger partial charge in [0.2, 0.25) is 0 Å². The Morgan fingerprint density at radius 3 is 2.60 bits per heavy atom. The summed E-state index contributed by atoms with van der Waals surface area (Å²) in [5, 5.41) is 10.2. The first-order valence-electron chi connectivity index (χ1n) is 7.99. The molecule has 1 aliphatic rings. The fourth-order valence-electron chi connectivity index (χ4n) is 3.32. The maximum Gasteiger partial charge on any atom is 0.419 e. The molecule has 2 heterocycles. The Balaban J connectivity index is 1.72. The lowest BCUT2D eigenvalue weighted by atomic mass is 10.00. The number of hydrogen-bond donors (Lipinski definition) is 1. The van der Waals surface area contributed by atoms with Gasteiger partial charge in [0.05, 0.1) is 11.7 Å². The molecule has 0 aliphatic carbocycles. The number of alkyl halides is 3. The van der Waals surface area contributed by atoms with Crippen molar-refractivity contribution in [3.05, 3.63) is 65.2 Å². The maximum absolute atomic E-state index is 13.7. The van der Waals surface area contributed by atoms with E-state index in [4.69, 9.17) is 0 Å². The second kappa shape index (κ2) is 7.09. The van der Waals surface area contributed by atoms with E-state index in [1.54, 1.807) is 17.2 Å². The van der Waals surface area contributed by atoms with E-state index in [-0.39, 0.29) is 24.6 Å². The number of aliphatic hydroxyl groups excluding tert-OH is 1. The van der Waals surface area contributed by atoms with Crippen LogP contribution in [0, 0.1) is 11.7 Å². The van der Waals surface area contributed by atoms with Crippen LogP contribution in [-0.4, -0.2) is 34.2 Å². The Morgan fingerprint density at radius 2 is 1.92 bits per heavy atom. The minimum Gasteiger partial charge on any atom is -0.391 e. The summed E-state index contributed by atoms with van der Waals surface area (Å²) in [7, 11) is 0. The molecule has 1 N–H and O–H groups in total. The highest BCUT2D eigenvalue weighted by Crippen LogP contribution is 2.35. The molecule has 2 atom stereocenters. The number of pyridine rings is 1. The van der Waals surface area contributed by atoms with E-state index in [2.05, 4.69) is 4.98 Å². The third-order valence-electron chi connectivity index (χ3n) is 4.46. The largest absolute Gasteiger partial charge is 0.419 e. The molecular formula is C18H18F4N2O. The zero-order chi connectivity index (χ0) is 18.0. The van der Waals surface area contributed by atoms with Gasteiger partial charge in [-0.3, -0.25) is 9.88 Å². The molecular weight excluding hydrogens is 336 g/mol. The van der Waals surface area contributed by atoms with Crippen LogP contribution >= 0.6 is 0 Å². The summed E-state index contributed by atoms with van der Waals surface area (Å²) >= 11 is 0. The number of aromatic nitrogens is 1. The second-order valence-corrected chi connectivity index (χ2v) is 6.32. The van der Waals surface area contributed by atoms with Crippen LogP contribution in [-0.2, 0) is 19.1 Å². The van der Waals surface area contributed by atoms with Crippen molar-refractivity contribution in [2.24, 2.45) is 5.92 Å². The molecule has 1 fully saturated rings. The molecule has 1 aromatic heterocycles. The minimum absolute atomic E-state index is 0.0532. The Kier molecular flexibility index (Phi) is 5.06. The predicted molar refractivity (Wildman–Crippen MR) is 84.1 cm³/mol. The van der Waals surface area contributed by atoms with Crippen LogP contribution < -0.4 is 0 Å². The summed E-state index contributed by atoms with van der Waals surface area (Å²) in [6.07, 6.45) is -3.18. The van der Waals surface area contributed by atoms with Crippen molar-refractivity contribution < 1.29 is 22.7 Å². The average molecular weight is 354 g/mol. The lowest BCUT2D eigenvalue weighted by Crippen LogP contribution is -2.24. The van der Waals surface area contributed by atoms with Gasteiger partial charge >= 0.3 is 6.18 Å². The Bertz CT molecular complexity index is 721. The molecule has 0 bridgehead atoms.